The Kier molecular flexibility index (Phi) is 3.32. The summed E-state index contributed by atoms with van der Waals surface area (Å²) < 4.78 is 12.2. The van der Waals surface area contributed by atoms with Gasteiger partial charge in [-0.25, -0.2) is 9.67 Å². The number of hydrogen-bond donors (Lipinski definition) is 1. The minimum Gasteiger partial charge on any atom is -0.481 e. The molecule has 7 heteroatoms. The van der Waals surface area contributed by atoms with Crippen molar-refractivity contribution in [3.05, 3.63) is 35.3 Å². The number of methoxy groups -OCH3 is 1. The number of fused-ring (bicyclic) bond motifs is 1. The summed E-state index contributed by atoms with van der Waals surface area (Å²) in [6.45, 7) is 3.54. The Morgan fingerprint density at radius 2 is 2.14 bits per heavy atom. The number of carbonyl (C=O) groups is 1. The molecule has 0 saturated heterocycles. The van der Waals surface area contributed by atoms with Crippen molar-refractivity contribution in [1.82, 2.24) is 14.8 Å². The van der Waals surface area contributed by atoms with Crippen molar-refractivity contribution in [3.63, 3.8) is 0 Å². The summed E-state index contributed by atoms with van der Waals surface area (Å²) in [7, 11) is 3.24. The smallest absolute Gasteiger partial charge is 0.263 e. The molecule has 0 aliphatic heterocycles. The molecule has 0 atom stereocenters. The van der Waals surface area contributed by atoms with E-state index in [9.17, 15) is 4.79 Å². The minimum atomic E-state index is -0.280. The largest absolute Gasteiger partial charge is 0.481 e. The van der Waals surface area contributed by atoms with Crippen LogP contribution in [0.2, 0.25) is 0 Å². The number of amides is 1. The Hall–Kier alpha value is -2.83. The standard InChI is InChI=1S/C15H16N4O3/c1-8-13(15(21-4)19(3)18-8)14(20)17-10-5-6-11-12(7-10)22-9(2)16-11/h5-7H,1-4H3,(H,17,20). The van der Waals surface area contributed by atoms with Crippen LogP contribution < -0.4 is 10.1 Å². The highest BCUT2D eigenvalue weighted by molar-refractivity contribution is 6.07. The van der Waals surface area contributed by atoms with Crippen LogP contribution in [-0.2, 0) is 7.05 Å². The number of benzene rings is 1. The number of hydrogen-bond acceptors (Lipinski definition) is 5. The highest BCUT2D eigenvalue weighted by Gasteiger charge is 2.21. The van der Waals surface area contributed by atoms with Gasteiger partial charge in [0.2, 0.25) is 5.88 Å². The Bertz CT molecular complexity index is 863. The van der Waals surface area contributed by atoms with Crippen molar-refractivity contribution in [3.8, 4) is 5.88 Å². The number of ether oxygens (including phenoxy) is 1. The highest BCUT2D eigenvalue weighted by atomic mass is 16.5. The predicted octanol–water partition coefficient (Wildman–Crippen LogP) is 2.44. The molecule has 0 aliphatic rings. The molecule has 22 heavy (non-hydrogen) atoms. The Labute approximate surface area is 126 Å². The molecule has 3 aromatic rings. The molecule has 2 aromatic heterocycles. The minimum absolute atomic E-state index is 0.280. The van der Waals surface area contributed by atoms with E-state index >= 15 is 0 Å². The molecule has 1 amide bonds. The van der Waals surface area contributed by atoms with Crippen LogP contribution in [0.25, 0.3) is 11.1 Å². The molecule has 0 bridgehead atoms. The van der Waals surface area contributed by atoms with Gasteiger partial charge in [-0.15, -0.1) is 0 Å². The van der Waals surface area contributed by atoms with Gasteiger partial charge in [-0.2, -0.15) is 5.10 Å². The van der Waals surface area contributed by atoms with Crippen molar-refractivity contribution in [2.24, 2.45) is 7.05 Å². The van der Waals surface area contributed by atoms with Gasteiger partial charge in [-0.05, 0) is 19.1 Å². The number of nitrogens with zero attached hydrogens (tertiary/aromatic N) is 3. The van der Waals surface area contributed by atoms with Gasteiger partial charge in [0.1, 0.15) is 11.1 Å². The third-order valence-electron chi connectivity index (χ3n) is 3.34. The van der Waals surface area contributed by atoms with Crippen molar-refractivity contribution >= 4 is 22.7 Å². The molecule has 0 aliphatic carbocycles. The summed E-state index contributed by atoms with van der Waals surface area (Å²) in [4.78, 5) is 16.7. The molecule has 114 valence electrons. The third kappa shape index (κ3) is 2.30. The number of oxazole rings is 1. The third-order valence-corrected chi connectivity index (χ3v) is 3.34. The van der Waals surface area contributed by atoms with Gasteiger partial charge in [0.15, 0.2) is 11.5 Å². The number of aryl methyl sites for hydroxylation is 3. The van der Waals surface area contributed by atoms with Crippen LogP contribution in [0.15, 0.2) is 22.6 Å². The molecule has 0 unspecified atom stereocenters. The molecule has 0 spiro atoms. The zero-order chi connectivity index (χ0) is 15.9. The topological polar surface area (TPSA) is 82.2 Å². The van der Waals surface area contributed by atoms with E-state index in [1.807, 2.05) is 0 Å². The van der Waals surface area contributed by atoms with Gasteiger partial charge in [0, 0.05) is 25.7 Å². The van der Waals surface area contributed by atoms with Gasteiger partial charge in [-0.3, -0.25) is 4.79 Å². The van der Waals surface area contributed by atoms with Crippen LogP contribution in [-0.4, -0.2) is 27.8 Å². The van der Waals surface area contributed by atoms with Crippen molar-refractivity contribution in [2.75, 3.05) is 12.4 Å². The van der Waals surface area contributed by atoms with Crippen LogP contribution >= 0.6 is 0 Å². The molecular formula is C15H16N4O3. The Morgan fingerprint density at radius 3 is 2.86 bits per heavy atom. The van der Waals surface area contributed by atoms with Gasteiger partial charge in [0.25, 0.3) is 5.91 Å². The maximum Gasteiger partial charge on any atom is 0.263 e. The molecule has 1 aromatic carbocycles. The molecule has 0 fully saturated rings. The van der Waals surface area contributed by atoms with Crippen LogP contribution in [0.1, 0.15) is 21.9 Å². The molecule has 0 saturated carbocycles. The quantitative estimate of drug-likeness (QED) is 0.803. The number of aromatic nitrogens is 3. The fourth-order valence-electron chi connectivity index (χ4n) is 2.44. The number of carbonyl (C=O) groups excluding carboxylic acids is 1. The van der Waals surface area contributed by atoms with Crippen molar-refractivity contribution < 1.29 is 13.9 Å². The van der Waals surface area contributed by atoms with Crippen LogP contribution in [0.5, 0.6) is 5.88 Å². The van der Waals surface area contributed by atoms with Crippen LogP contribution in [0.4, 0.5) is 5.69 Å². The summed E-state index contributed by atoms with van der Waals surface area (Å²) >= 11 is 0. The lowest BCUT2D eigenvalue weighted by molar-refractivity contribution is 0.102. The molecule has 3 rings (SSSR count). The lowest BCUT2D eigenvalue weighted by Crippen LogP contribution is -2.13. The first-order chi connectivity index (χ1) is 10.5. The predicted molar refractivity (Wildman–Crippen MR) is 81.2 cm³/mol. The number of anilines is 1. The number of rotatable bonds is 3. The van der Waals surface area contributed by atoms with Gasteiger partial charge in [-0.1, -0.05) is 0 Å². The average molecular weight is 300 g/mol. The van der Waals surface area contributed by atoms with E-state index in [-0.39, 0.29) is 5.91 Å². The molecule has 0 radical (unpaired) electrons. The van der Waals surface area contributed by atoms with Crippen molar-refractivity contribution in [2.45, 2.75) is 13.8 Å². The van der Waals surface area contributed by atoms with Gasteiger partial charge in [0.05, 0.1) is 12.8 Å². The maximum absolute atomic E-state index is 12.5. The van der Waals surface area contributed by atoms with E-state index in [2.05, 4.69) is 15.4 Å². The summed E-state index contributed by atoms with van der Waals surface area (Å²) in [5.74, 6) is 0.730. The first-order valence-corrected chi connectivity index (χ1v) is 6.75. The van der Waals surface area contributed by atoms with Gasteiger partial charge >= 0.3 is 0 Å². The summed E-state index contributed by atoms with van der Waals surface area (Å²) in [5, 5.41) is 7.03. The molecule has 1 N–H and O–H groups in total. The van der Waals surface area contributed by atoms with E-state index in [4.69, 9.17) is 9.15 Å². The zero-order valence-electron chi connectivity index (χ0n) is 12.8. The molecule has 2 heterocycles. The second-order valence-electron chi connectivity index (χ2n) is 4.96. The fraction of sp³-hybridized carbons (Fsp3) is 0.267. The van der Waals surface area contributed by atoms with E-state index in [0.717, 1.165) is 5.52 Å². The molecule has 7 nitrogen and oxygen atoms in total. The monoisotopic (exact) mass is 300 g/mol. The maximum atomic E-state index is 12.5. The second-order valence-corrected chi connectivity index (χ2v) is 4.96. The molecular weight excluding hydrogens is 284 g/mol. The first-order valence-electron chi connectivity index (χ1n) is 6.75. The lowest BCUT2D eigenvalue weighted by atomic mass is 10.2. The van der Waals surface area contributed by atoms with Crippen molar-refractivity contribution in [1.29, 1.82) is 0 Å². The summed E-state index contributed by atoms with van der Waals surface area (Å²) in [5.41, 5.74) is 3.03. The summed E-state index contributed by atoms with van der Waals surface area (Å²) in [6, 6.07) is 5.32. The van der Waals surface area contributed by atoms with E-state index < -0.39 is 0 Å². The van der Waals surface area contributed by atoms with E-state index in [0.29, 0.717) is 34.3 Å². The normalized spacial score (nSPS) is 10.9. The Balaban J connectivity index is 1.92. The zero-order valence-corrected chi connectivity index (χ0v) is 12.8. The number of nitrogens with one attached hydrogen (secondary N) is 1. The fourth-order valence-corrected chi connectivity index (χ4v) is 2.44. The Morgan fingerprint density at radius 1 is 1.36 bits per heavy atom. The average Bonchev–Trinajstić information content (AvgIpc) is 2.96. The van der Waals surface area contributed by atoms with E-state index in [1.54, 1.807) is 39.1 Å². The van der Waals surface area contributed by atoms with E-state index in [1.165, 1.54) is 11.8 Å². The lowest BCUT2D eigenvalue weighted by Gasteiger charge is -2.06. The first kappa shape index (κ1) is 14.1. The highest BCUT2D eigenvalue weighted by Crippen LogP contribution is 2.24. The van der Waals surface area contributed by atoms with Gasteiger partial charge < -0.3 is 14.5 Å². The van der Waals surface area contributed by atoms with Crippen LogP contribution in [0.3, 0.4) is 0 Å². The van der Waals surface area contributed by atoms with Crippen LogP contribution in [0, 0.1) is 13.8 Å². The SMILES string of the molecule is COc1c(C(=O)Nc2ccc3nc(C)oc3c2)c(C)nn1C. The summed E-state index contributed by atoms with van der Waals surface area (Å²) in [6.07, 6.45) is 0. The second kappa shape index (κ2) is 5.18.